The van der Waals surface area contributed by atoms with Crippen molar-refractivity contribution in [1.82, 2.24) is 4.90 Å². The summed E-state index contributed by atoms with van der Waals surface area (Å²) in [5, 5.41) is 0. The molecular formula is C19H23NOS. The summed E-state index contributed by atoms with van der Waals surface area (Å²) in [6.45, 7) is 6.32. The summed E-state index contributed by atoms with van der Waals surface area (Å²) >= 11 is 1.50. The smallest absolute Gasteiger partial charge is 0.0659 e. The first-order valence-electron chi connectivity index (χ1n) is 7.92. The molecule has 1 heterocycles. The van der Waals surface area contributed by atoms with E-state index in [0.29, 0.717) is 5.92 Å². The fraction of sp³-hybridized carbons (Fsp3) is 0.368. The molecule has 22 heavy (non-hydrogen) atoms. The molecule has 2 aromatic carbocycles. The van der Waals surface area contributed by atoms with Gasteiger partial charge in [-0.15, -0.1) is 0 Å². The van der Waals surface area contributed by atoms with Crippen LogP contribution in [0.2, 0.25) is 0 Å². The topological polar surface area (TPSA) is 12.5 Å². The van der Waals surface area contributed by atoms with E-state index in [4.69, 9.17) is 4.18 Å². The van der Waals surface area contributed by atoms with Crippen LogP contribution >= 0.6 is 12.0 Å². The van der Waals surface area contributed by atoms with Crippen LogP contribution in [0.15, 0.2) is 59.5 Å². The molecule has 0 spiro atoms. The highest BCUT2D eigenvalue weighted by molar-refractivity contribution is 7.94. The van der Waals surface area contributed by atoms with Crippen molar-refractivity contribution in [3.05, 3.63) is 65.7 Å². The maximum absolute atomic E-state index is 5.83. The molecule has 3 rings (SSSR count). The molecule has 0 radical (unpaired) electrons. The van der Waals surface area contributed by atoms with Crippen LogP contribution in [0.1, 0.15) is 17.5 Å². The van der Waals surface area contributed by atoms with E-state index >= 15 is 0 Å². The minimum absolute atomic E-state index is 0.654. The number of hydrogen-bond acceptors (Lipinski definition) is 3. The van der Waals surface area contributed by atoms with Crippen molar-refractivity contribution in [2.24, 2.45) is 5.92 Å². The van der Waals surface area contributed by atoms with Gasteiger partial charge in [0, 0.05) is 30.0 Å². The van der Waals surface area contributed by atoms with Gasteiger partial charge < -0.3 is 4.18 Å². The van der Waals surface area contributed by atoms with Gasteiger partial charge >= 0.3 is 0 Å². The van der Waals surface area contributed by atoms with Crippen molar-refractivity contribution in [2.45, 2.75) is 24.8 Å². The third-order valence-electron chi connectivity index (χ3n) is 4.10. The van der Waals surface area contributed by atoms with E-state index in [-0.39, 0.29) is 0 Å². The Balaban J connectivity index is 1.39. The lowest BCUT2D eigenvalue weighted by Crippen LogP contribution is -2.21. The van der Waals surface area contributed by atoms with Crippen molar-refractivity contribution >= 4 is 12.0 Å². The zero-order valence-electron chi connectivity index (χ0n) is 13.1. The van der Waals surface area contributed by atoms with E-state index < -0.39 is 0 Å². The Bertz CT molecular complexity index is 570. The van der Waals surface area contributed by atoms with Gasteiger partial charge in [-0.05, 0) is 43.5 Å². The van der Waals surface area contributed by atoms with Crippen LogP contribution in [0.5, 0.6) is 0 Å². The van der Waals surface area contributed by atoms with Gasteiger partial charge in [0.25, 0.3) is 0 Å². The molecule has 1 aliphatic rings. The van der Waals surface area contributed by atoms with Gasteiger partial charge in [-0.25, -0.2) is 0 Å². The first-order valence-corrected chi connectivity index (χ1v) is 8.66. The van der Waals surface area contributed by atoms with E-state index in [1.165, 1.54) is 41.0 Å². The molecule has 116 valence electrons. The normalized spacial score (nSPS) is 18.7. The van der Waals surface area contributed by atoms with Crippen LogP contribution in [-0.2, 0) is 10.7 Å². The van der Waals surface area contributed by atoms with Crippen molar-refractivity contribution in [3.8, 4) is 0 Å². The van der Waals surface area contributed by atoms with Crippen LogP contribution < -0.4 is 0 Å². The summed E-state index contributed by atoms with van der Waals surface area (Å²) in [6, 6.07) is 19.2. The Morgan fingerprint density at radius 1 is 1.09 bits per heavy atom. The average Bonchev–Trinajstić information content (AvgIpc) is 2.98. The summed E-state index contributed by atoms with van der Waals surface area (Å²) < 4.78 is 5.83. The number of benzene rings is 2. The van der Waals surface area contributed by atoms with Crippen LogP contribution in [0.25, 0.3) is 0 Å². The van der Waals surface area contributed by atoms with Crippen molar-refractivity contribution in [2.75, 3.05) is 19.7 Å². The van der Waals surface area contributed by atoms with Crippen LogP contribution in [0.4, 0.5) is 0 Å². The maximum atomic E-state index is 5.83. The predicted octanol–water partition coefficient (Wildman–Crippen LogP) is 4.54. The second-order valence-electron chi connectivity index (χ2n) is 6.06. The van der Waals surface area contributed by atoms with Crippen molar-refractivity contribution in [3.63, 3.8) is 0 Å². The molecule has 3 heteroatoms. The van der Waals surface area contributed by atoms with E-state index in [2.05, 4.69) is 66.4 Å². The lowest BCUT2D eigenvalue weighted by atomic mass is 10.1. The summed E-state index contributed by atoms with van der Waals surface area (Å²) in [5.74, 6) is 0.654. The first kappa shape index (κ1) is 15.6. The fourth-order valence-electron chi connectivity index (χ4n) is 2.83. The van der Waals surface area contributed by atoms with E-state index in [0.717, 1.165) is 19.7 Å². The molecule has 1 fully saturated rings. The highest BCUT2D eigenvalue weighted by atomic mass is 32.2. The SMILES string of the molecule is Cc1ccc(SOCC2CCN(Cc3ccccc3)C2)cc1. The third kappa shape index (κ3) is 4.60. The minimum atomic E-state index is 0.654. The predicted molar refractivity (Wildman–Crippen MR) is 92.8 cm³/mol. The average molecular weight is 313 g/mol. The van der Waals surface area contributed by atoms with Gasteiger partial charge in [0.05, 0.1) is 6.61 Å². The number of nitrogens with zero attached hydrogens (tertiary/aromatic N) is 1. The highest BCUT2D eigenvalue weighted by Gasteiger charge is 2.22. The molecule has 2 aromatic rings. The van der Waals surface area contributed by atoms with Gasteiger partial charge in [-0.1, -0.05) is 48.0 Å². The molecular weight excluding hydrogens is 290 g/mol. The van der Waals surface area contributed by atoms with Gasteiger partial charge in [-0.3, -0.25) is 4.90 Å². The first-order chi connectivity index (χ1) is 10.8. The Morgan fingerprint density at radius 2 is 1.86 bits per heavy atom. The summed E-state index contributed by atoms with van der Waals surface area (Å²) in [5.41, 5.74) is 2.69. The Morgan fingerprint density at radius 3 is 2.64 bits per heavy atom. The molecule has 1 saturated heterocycles. The summed E-state index contributed by atoms with van der Waals surface area (Å²) in [4.78, 5) is 3.71. The maximum Gasteiger partial charge on any atom is 0.0659 e. The van der Waals surface area contributed by atoms with Crippen LogP contribution in [0, 0.1) is 12.8 Å². The molecule has 1 atom stereocenters. The van der Waals surface area contributed by atoms with Crippen LogP contribution in [0.3, 0.4) is 0 Å². The standard InChI is InChI=1S/C19H23NOS/c1-16-7-9-19(10-8-16)22-21-15-18-11-12-20(14-18)13-17-5-3-2-4-6-17/h2-10,18H,11-15H2,1H3. The zero-order valence-corrected chi connectivity index (χ0v) is 13.9. The lowest BCUT2D eigenvalue weighted by Gasteiger charge is -2.16. The molecule has 0 saturated carbocycles. The number of likely N-dealkylation sites (tertiary alicyclic amines) is 1. The van der Waals surface area contributed by atoms with Gasteiger partial charge in [0.1, 0.15) is 0 Å². The van der Waals surface area contributed by atoms with Gasteiger partial charge in [0.15, 0.2) is 0 Å². The molecule has 0 bridgehead atoms. The monoisotopic (exact) mass is 313 g/mol. The number of aryl methyl sites for hydroxylation is 1. The minimum Gasteiger partial charge on any atom is -0.310 e. The Kier molecular flexibility index (Phi) is 5.54. The quantitative estimate of drug-likeness (QED) is 0.726. The van der Waals surface area contributed by atoms with Gasteiger partial charge in [-0.2, -0.15) is 0 Å². The van der Waals surface area contributed by atoms with Crippen LogP contribution in [-0.4, -0.2) is 24.6 Å². The third-order valence-corrected chi connectivity index (χ3v) is 4.82. The molecule has 0 aliphatic carbocycles. The van der Waals surface area contributed by atoms with Crippen molar-refractivity contribution in [1.29, 1.82) is 0 Å². The van der Waals surface area contributed by atoms with E-state index in [1.807, 2.05) is 0 Å². The molecule has 0 amide bonds. The molecule has 0 aromatic heterocycles. The highest BCUT2D eigenvalue weighted by Crippen LogP contribution is 2.24. The second kappa shape index (κ2) is 7.82. The lowest BCUT2D eigenvalue weighted by molar-refractivity contribution is 0.265. The number of rotatable bonds is 6. The largest absolute Gasteiger partial charge is 0.310 e. The fourth-order valence-corrected chi connectivity index (χ4v) is 3.47. The van der Waals surface area contributed by atoms with Gasteiger partial charge in [0.2, 0.25) is 0 Å². The number of hydrogen-bond donors (Lipinski definition) is 0. The molecule has 1 unspecified atom stereocenters. The molecule has 0 N–H and O–H groups in total. The summed E-state index contributed by atoms with van der Waals surface area (Å²) in [6.07, 6.45) is 1.24. The van der Waals surface area contributed by atoms with E-state index in [1.54, 1.807) is 0 Å². The summed E-state index contributed by atoms with van der Waals surface area (Å²) in [7, 11) is 0. The Hall–Kier alpha value is -1.29. The van der Waals surface area contributed by atoms with E-state index in [9.17, 15) is 0 Å². The Labute approximate surface area is 137 Å². The second-order valence-corrected chi connectivity index (χ2v) is 6.93. The zero-order chi connectivity index (χ0) is 15.2. The molecule has 2 nitrogen and oxygen atoms in total. The van der Waals surface area contributed by atoms with Crippen molar-refractivity contribution < 1.29 is 4.18 Å². The molecule has 1 aliphatic heterocycles.